The minimum Gasteiger partial charge on any atom is -0.496 e. The van der Waals surface area contributed by atoms with Gasteiger partial charge in [0, 0.05) is 24.9 Å². The van der Waals surface area contributed by atoms with Crippen molar-refractivity contribution in [2.24, 2.45) is 0 Å². The van der Waals surface area contributed by atoms with Crippen LogP contribution in [-0.2, 0) is 0 Å². The molecule has 1 aromatic carbocycles. The number of thioether (sulfide) groups is 1. The molecule has 124 valence electrons. The molecule has 23 heavy (non-hydrogen) atoms. The van der Waals surface area contributed by atoms with Gasteiger partial charge in [-0.2, -0.15) is 5.10 Å². The quantitative estimate of drug-likeness (QED) is 0.599. The Balaban J connectivity index is 1.83. The standard InChI is InChI=1S/C15H21N5O2S/c1-11(12-6-4-5-7-13(12)22-3)20(2)15(21)16-8-9-23-14-17-10-18-19-14/h4-7,10-11H,8-9H2,1-3H3,(H,16,21)(H,17,18,19)/t11-/m1/s1. The molecule has 2 rings (SSSR count). The molecule has 0 saturated heterocycles. The second kappa shape index (κ2) is 8.42. The summed E-state index contributed by atoms with van der Waals surface area (Å²) in [6.45, 7) is 2.52. The Labute approximate surface area is 139 Å². The van der Waals surface area contributed by atoms with E-state index in [2.05, 4.69) is 20.5 Å². The van der Waals surface area contributed by atoms with Crippen LogP contribution in [0.4, 0.5) is 4.79 Å². The fourth-order valence-corrected chi connectivity index (χ4v) is 2.73. The van der Waals surface area contributed by atoms with Gasteiger partial charge in [0.15, 0.2) is 5.16 Å². The van der Waals surface area contributed by atoms with E-state index in [1.807, 2.05) is 31.2 Å². The van der Waals surface area contributed by atoms with Crippen molar-refractivity contribution < 1.29 is 9.53 Å². The van der Waals surface area contributed by atoms with Crippen LogP contribution in [-0.4, -0.2) is 52.6 Å². The number of nitrogens with one attached hydrogen (secondary N) is 2. The van der Waals surface area contributed by atoms with Gasteiger partial charge in [-0.15, -0.1) is 0 Å². The third-order valence-electron chi connectivity index (χ3n) is 3.50. The number of rotatable bonds is 7. The summed E-state index contributed by atoms with van der Waals surface area (Å²) in [4.78, 5) is 17.9. The maximum atomic E-state index is 12.2. The number of carbonyl (C=O) groups is 1. The Morgan fingerprint density at radius 2 is 2.26 bits per heavy atom. The number of carbonyl (C=O) groups excluding carboxylic acids is 1. The summed E-state index contributed by atoms with van der Waals surface area (Å²) >= 11 is 1.51. The van der Waals surface area contributed by atoms with E-state index in [1.54, 1.807) is 19.1 Å². The van der Waals surface area contributed by atoms with E-state index in [0.717, 1.165) is 22.2 Å². The van der Waals surface area contributed by atoms with Crippen LogP contribution in [0.5, 0.6) is 5.75 Å². The first-order valence-corrected chi connectivity index (χ1v) is 8.23. The first kappa shape index (κ1) is 17.1. The van der Waals surface area contributed by atoms with E-state index in [0.29, 0.717) is 6.54 Å². The molecular weight excluding hydrogens is 314 g/mol. The van der Waals surface area contributed by atoms with Crippen LogP contribution in [0, 0.1) is 0 Å². The molecule has 2 amide bonds. The molecular formula is C15H21N5O2S. The molecule has 2 aromatic rings. The van der Waals surface area contributed by atoms with Gasteiger partial charge in [0.2, 0.25) is 0 Å². The SMILES string of the molecule is COc1ccccc1[C@@H](C)N(C)C(=O)NCCSc1ncn[nH]1. The molecule has 0 fully saturated rings. The molecule has 0 saturated carbocycles. The zero-order valence-corrected chi connectivity index (χ0v) is 14.3. The highest BCUT2D eigenvalue weighted by Gasteiger charge is 2.19. The number of benzene rings is 1. The number of urea groups is 1. The predicted octanol–water partition coefficient (Wildman–Crippen LogP) is 2.31. The normalized spacial score (nSPS) is 11.8. The van der Waals surface area contributed by atoms with E-state index in [9.17, 15) is 4.79 Å². The van der Waals surface area contributed by atoms with Gasteiger partial charge in [-0.25, -0.2) is 9.78 Å². The molecule has 0 radical (unpaired) electrons. The van der Waals surface area contributed by atoms with Crippen molar-refractivity contribution in [1.82, 2.24) is 25.4 Å². The number of hydrogen-bond acceptors (Lipinski definition) is 5. The summed E-state index contributed by atoms with van der Waals surface area (Å²) in [5.41, 5.74) is 0.976. The van der Waals surface area contributed by atoms with Crippen molar-refractivity contribution in [3.05, 3.63) is 36.2 Å². The summed E-state index contributed by atoms with van der Waals surface area (Å²) in [5, 5.41) is 10.2. The summed E-state index contributed by atoms with van der Waals surface area (Å²) in [5.74, 6) is 1.50. The second-order valence-corrected chi connectivity index (χ2v) is 5.98. The van der Waals surface area contributed by atoms with Crippen molar-refractivity contribution in [3.8, 4) is 5.75 Å². The van der Waals surface area contributed by atoms with Crippen LogP contribution >= 0.6 is 11.8 Å². The first-order chi connectivity index (χ1) is 11.1. The van der Waals surface area contributed by atoms with Gasteiger partial charge in [0.05, 0.1) is 13.2 Å². The van der Waals surface area contributed by atoms with Gasteiger partial charge >= 0.3 is 6.03 Å². The average Bonchev–Trinajstić information content (AvgIpc) is 3.10. The van der Waals surface area contributed by atoms with E-state index in [1.165, 1.54) is 18.1 Å². The number of aromatic amines is 1. The Morgan fingerprint density at radius 1 is 1.48 bits per heavy atom. The molecule has 0 aliphatic carbocycles. The number of aromatic nitrogens is 3. The highest BCUT2D eigenvalue weighted by molar-refractivity contribution is 7.99. The predicted molar refractivity (Wildman–Crippen MR) is 89.7 cm³/mol. The minimum atomic E-state index is -0.124. The van der Waals surface area contributed by atoms with Crippen molar-refractivity contribution in [1.29, 1.82) is 0 Å². The Kier molecular flexibility index (Phi) is 6.28. The molecule has 7 nitrogen and oxygen atoms in total. The third-order valence-corrected chi connectivity index (χ3v) is 4.38. The molecule has 8 heteroatoms. The molecule has 0 aliphatic rings. The van der Waals surface area contributed by atoms with Crippen molar-refractivity contribution in [2.75, 3.05) is 26.5 Å². The topological polar surface area (TPSA) is 83.1 Å². The average molecular weight is 335 g/mol. The van der Waals surface area contributed by atoms with E-state index >= 15 is 0 Å². The Bertz CT molecular complexity index is 620. The molecule has 1 heterocycles. The number of ether oxygens (including phenoxy) is 1. The molecule has 1 aromatic heterocycles. The summed E-state index contributed by atoms with van der Waals surface area (Å²) in [7, 11) is 3.41. The Morgan fingerprint density at radius 3 is 2.96 bits per heavy atom. The van der Waals surface area contributed by atoms with Crippen molar-refractivity contribution >= 4 is 17.8 Å². The third kappa shape index (κ3) is 4.62. The van der Waals surface area contributed by atoms with Crippen molar-refractivity contribution in [2.45, 2.75) is 18.1 Å². The molecule has 0 spiro atoms. The second-order valence-electron chi connectivity index (χ2n) is 4.90. The van der Waals surface area contributed by atoms with Gasteiger partial charge in [-0.3, -0.25) is 5.10 Å². The lowest BCUT2D eigenvalue weighted by Crippen LogP contribution is -2.39. The zero-order valence-electron chi connectivity index (χ0n) is 13.4. The number of para-hydroxylation sites is 1. The lowest BCUT2D eigenvalue weighted by Gasteiger charge is -2.26. The van der Waals surface area contributed by atoms with Crippen LogP contribution in [0.15, 0.2) is 35.7 Å². The Hall–Kier alpha value is -2.22. The summed E-state index contributed by atoms with van der Waals surface area (Å²) < 4.78 is 5.36. The number of H-pyrrole nitrogens is 1. The minimum absolute atomic E-state index is 0.0897. The van der Waals surface area contributed by atoms with Crippen LogP contribution in [0.3, 0.4) is 0 Å². The van der Waals surface area contributed by atoms with Gasteiger partial charge in [0.25, 0.3) is 0 Å². The molecule has 0 bridgehead atoms. The number of methoxy groups -OCH3 is 1. The molecule has 1 atom stereocenters. The summed E-state index contributed by atoms with van der Waals surface area (Å²) in [6, 6.07) is 7.50. The van der Waals surface area contributed by atoms with Crippen LogP contribution in [0.1, 0.15) is 18.5 Å². The smallest absolute Gasteiger partial charge is 0.317 e. The van der Waals surface area contributed by atoms with Crippen LogP contribution < -0.4 is 10.1 Å². The largest absolute Gasteiger partial charge is 0.496 e. The first-order valence-electron chi connectivity index (χ1n) is 7.25. The van der Waals surface area contributed by atoms with Crippen LogP contribution in [0.2, 0.25) is 0 Å². The fraction of sp³-hybridized carbons (Fsp3) is 0.400. The van der Waals surface area contributed by atoms with Crippen LogP contribution in [0.25, 0.3) is 0 Å². The number of amides is 2. The van der Waals surface area contributed by atoms with E-state index in [-0.39, 0.29) is 12.1 Å². The summed E-state index contributed by atoms with van der Waals surface area (Å²) in [6.07, 6.45) is 1.46. The van der Waals surface area contributed by atoms with E-state index in [4.69, 9.17) is 4.74 Å². The number of nitrogens with zero attached hydrogens (tertiary/aromatic N) is 3. The highest BCUT2D eigenvalue weighted by Crippen LogP contribution is 2.27. The van der Waals surface area contributed by atoms with E-state index < -0.39 is 0 Å². The maximum absolute atomic E-state index is 12.2. The maximum Gasteiger partial charge on any atom is 0.317 e. The monoisotopic (exact) mass is 335 g/mol. The highest BCUT2D eigenvalue weighted by atomic mass is 32.2. The number of hydrogen-bond donors (Lipinski definition) is 2. The molecule has 0 unspecified atom stereocenters. The van der Waals surface area contributed by atoms with Gasteiger partial charge in [-0.1, -0.05) is 30.0 Å². The van der Waals surface area contributed by atoms with Crippen molar-refractivity contribution in [3.63, 3.8) is 0 Å². The van der Waals surface area contributed by atoms with Gasteiger partial charge in [-0.05, 0) is 13.0 Å². The van der Waals surface area contributed by atoms with Gasteiger partial charge < -0.3 is 15.0 Å². The lowest BCUT2D eigenvalue weighted by atomic mass is 10.1. The molecule has 0 aliphatic heterocycles. The zero-order chi connectivity index (χ0) is 16.7. The fourth-order valence-electron chi connectivity index (χ4n) is 2.09. The lowest BCUT2D eigenvalue weighted by molar-refractivity contribution is 0.194. The molecule has 2 N–H and O–H groups in total. The van der Waals surface area contributed by atoms with Gasteiger partial charge in [0.1, 0.15) is 12.1 Å².